The van der Waals surface area contributed by atoms with E-state index in [4.69, 9.17) is 4.43 Å². The van der Waals surface area contributed by atoms with Crippen molar-refractivity contribution in [2.75, 3.05) is 12.4 Å². The number of hydrogen-bond donors (Lipinski definition) is 1. The van der Waals surface area contributed by atoms with Crippen molar-refractivity contribution >= 4 is 20.9 Å². The highest BCUT2D eigenvalue weighted by Crippen LogP contribution is 2.48. The van der Waals surface area contributed by atoms with Crippen molar-refractivity contribution in [3.05, 3.63) is 0 Å². The smallest absolute Gasteiger partial charge is 0.192 e. The molecular weight excluding hydrogens is 208 g/mol. The third-order valence-corrected chi connectivity index (χ3v) is 8.99. The SMILES string of the molecule is CC(C)(C)[Si](C)(C)OCC1(CS)CC1. The maximum absolute atomic E-state index is 6.20. The molecule has 1 fully saturated rings. The molecule has 0 atom stereocenters. The van der Waals surface area contributed by atoms with Gasteiger partial charge in [0.05, 0.1) is 0 Å². The van der Waals surface area contributed by atoms with Crippen LogP contribution in [0.25, 0.3) is 0 Å². The summed E-state index contributed by atoms with van der Waals surface area (Å²) in [5.74, 6) is 0.988. The highest BCUT2D eigenvalue weighted by Gasteiger charge is 2.45. The summed E-state index contributed by atoms with van der Waals surface area (Å²) in [4.78, 5) is 0. The van der Waals surface area contributed by atoms with E-state index in [1.165, 1.54) is 12.8 Å². The van der Waals surface area contributed by atoms with E-state index in [2.05, 4.69) is 46.5 Å². The Labute approximate surface area is 95.2 Å². The number of thiol groups is 1. The monoisotopic (exact) mass is 232 g/mol. The molecule has 1 aliphatic carbocycles. The molecule has 1 aliphatic rings. The van der Waals surface area contributed by atoms with Gasteiger partial charge in [-0.05, 0) is 36.7 Å². The zero-order chi connectivity index (χ0) is 11.0. The molecule has 0 spiro atoms. The minimum Gasteiger partial charge on any atom is -0.416 e. The second-order valence-electron chi connectivity index (χ2n) is 6.21. The van der Waals surface area contributed by atoms with Crippen LogP contribution >= 0.6 is 12.6 Å². The van der Waals surface area contributed by atoms with Gasteiger partial charge in [0.25, 0.3) is 0 Å². The summed E-state index contributed by atoms with van der Waals surface area (Å²) in [7, 11) is -1.52. The van der Waals surface area contributed by atoms with Gasteiger partial charge in [0.1, 0.15) is 0 Å². The lowest BCUT2D eigenvalue weighted by molar-refractivity contribution is 0.228. The van der Waals surface area contributed by atoms with Crippen LogP contribution in [0.4, 0.5) is 0 Å². The molecule has 0 saturated heterocycles. The lowest BCUT2D eigenvalue weighted by Gasteiger charge is -2.37. The first-order valence-electron chi connectivity index (χ1n) is 5.47. The molecule has 3 heteroatoms. The molecule has 0 aromatic rings. The molecule has 0 aromatic carbocycles. The molecule has 1 saturated carbocycles. The summed E-state index contributed by atoms with van der Waals surface area (Å²) >= 11 is 4.40. The molecule has 14 heavy (non-hydrogen) atoms. The van der Waals surface area contributed by atoms with E-state index in [-0.39, 0.29) is 0 Å². The molecule has 0 amide bonds. The first-order chi connectivity index (χ1) is 6.22. The van der Waals surface area contributed by atoms with E-state index in [0.29, 0.717) is 10.5 Å². The van der Waals surface area contributed by atoms with E-state index in [0.717, 1.165) is 12.4 Å². The van der Waals surface area contributed by atoms with Gasteiger partial charge in [-0.1, -0.05) is 20.8 Å². The lowest BCUT2D eigenvalue weighted by Crippen LogP contribution is -2.42. The maximum atomic E-state index is 6.20. The molecular formula is C11H24OSSi. The van der Waals surface area contributed by atoms with Crippen molar-refractivity contribution in [1.29, 1.82) is 0 Å². The fourth-order valence-electron chi connectivity index (χ4n) is 1.07. The summed E-state index contributed by atoms with van der Waals surface area (Å²) in [6, 6.07) is 0. The molecule has 0 unspecified atom stereocenters. The normalized spacial score (nSPS) is 21.0. The van der Waals surface area contributed by atoms with Gasteiger partial charge in [-0.2, -0.15) is 12.6 Å². The summed E-state index contributed by atoms with van der Waals surface area (Å²) in [6.45, 7) is 12.5. The van der Waals surface area contributed by atoms with Crippen LogP contribution in [0, 0.1) is 5.41 Å². The third kappa shape index (κ3) is 2.77. The van der Waals surface area contributed by atoms with Crippen molar-refractivity contribution in [3.8, 4) is 0 Å². The van der Waals surface area contributed by atoms with E-state index >= 15 is 0 Å². The predicted molar refractivity (Wildman–Crippen MR) is 68.7 cm³/mol. The van der Waals surface area contributed by atoms with Gasteiger partial charge in [0.15, 0.2) is 8.32 Å². The fourth-order valence-corrected chi connectivity index (χ4v) is 2.58. The summed E-state index contributed by atoms with van der Waals surface area (Å²) in [5.41, 5.74) is 0.443. The van der Waals surface area contributed by atoms with Crippen molar-refractivity contribution in [2.24, 2.45) is 5.41 Å². The Kier molecular flexibility index (Phi) is 3.45. The van der Waals surface area contributed by atoms with Gasteiger partial charge < -0.3 is 4.43 Å². The average molecular weight is 232 g/mol. The van der Waals surface area contributed by atoms with Crippen LogP contribution in [0.15, 0.2) is 0 Å². The third-order valence-electron chi connectivity index (χ3n) is 3.84. The van der Waals surface area contributed by atoms with Gasteiger partial charge in [-0.15, -0.1) is 0 Å². The zero-order valence-corrected chi connectivity index (χ0v) is 12.1. The Balaban J connectivity index is 2.44. The van der Waals surface area contributed by atoms with Crippen molar-refractivity contribution in [3.63, 3.8) is 0 Å². The van der Waals surface area contributed by atoms with E-state index in [1.807, 2.05) is 0 Å². The second kappa shape index (κ2) is 3.83. The quantitative estimate of drug-likeness (QED) is 0.574. The number of rotatable bonds is 4. The first kappa shape index (κ1) is 12.6. The Morgan fingerprint density at radius 3 is 2.07 bits per heavy atom. The average Bonchev–Trinajstić information content (AvgIpc) is 2.80. The Hall–Kier alpha value is 0.527. The zero-order valence-electron chi connectivity index (χ0n) is 10.2. The Morgan fingerprint density at radius 1 is 1.29 bits per heavy atom. The lowest BCUT2D eigenvalue weighted by atomic mass is 10.2. The summed E-state index contributed by atoms with van der Waals surface area (Å²) in [6.07, 6.45) is 2.62. The van der Waals surface area contributed by atoms with Crippen LogP contribution in [0.2, 0.25) is 18.1 Å². The van der Waals surface area contributed by atoms with Gasteiger partial charge in [-0.25, -0.2) is 0 Å². The molecule has 1 nitrogen and oxygen atoms in total. The minimum absolute atomic E-state index is 0.333. The van der Waals surface area contributed by atoms with Gasteiger partial charge in [0, 0.05) is 12.0 Å². The van der Waals surface area contributed by atoms with Gasteiger partial charge in [0.2, 0.25) is 0 Å². The number of hydrogen-bond acceptors (Lipinski definition) is 2. The van der Waals surface area contributed by atoms with Crippen molar-refractivity contribution in [1.82, 2.24) is 0 Å². The molecule has 0 aromatic heterocycles. The predicted octanol–water partition coefficient (Wildman–Crippen LogP) is 3.72. The molecule has 0 heterocycles. The van der Waals surface area contributed by atoms with Crippen molar-refractivity contribution in [2.45, 2.75) is 51.7 Å². The Bertz CT molecular complexity index is 204. The summed E-state index contributed by atoms with van der Waals surface area (Å²) in [5, 5.41) is 0.333. The minimum atomic E-state index is -1.52. The fraction of sp³-hybridized carbons (Fsp3) is 1.00. The maximum Gasteiger partial charge on any atom is 0.192 e. The van der Waals surface area contributed by atoms with Gasteiger partial charge >= 0.3 is 0 Å². The molecule has 0 aliphatic heterocycles. The van der Waals surface area contributed by atoms with E-state index in [9.17, 15) is 0 Å². The van der Waals surface area contributed by atoms with E-state index < -0.39 is 8.32 Å². The van der Waals surface area contributed by atoms with Gasteiger partial charge in [-0.3, -0.25) is 0 Å². The topological polar surface area (TPSA) is 9.23 Å². The molecule has 0 N–H and O–H groups in total. The molecule has 1 rings (SSSR count). The highest BCUT2D eigenvalue weighted by atomic mass is 32.1. The van der Waals surface area contributed by atoms with Crippen LogP contribution < -0.4 is 0 Å². The van der Waals surface area contributed by atoms with Crippen molar-refractivity contribution < 1.29 is 4.43 Å². The second-order valence-corrected chi connectivity index (χ2v) is 11.3. The van der Waals surface area contributed by atoms with Crippen LogP contribution in [-0.4, -0.2) is 20.7 Å². The van der Waals surface area contributed by atoms with Crippen LogP contribution in [0.1, 0.15) is 33.6 Å². The first-order valence-corrected chi connectivity index (χ1v) is 9.01. The van der Waals surface area contributed by atoms with E-state index in [1.54, 1.807) is 0 Å². The van der Waals surface area contributed by atoms with Crippen LogP contribution in [0.5, 0.6) is 0 Å². The summed E-state index contributed by atoms with van der Waals surface area (Å²) < 4.78 is 6.20. The molecule has 84 valence electrons. The highest BCUT2D eigenvalue weighted by molar-refractivity contribution is 7.80. The molecule has 0 bridgehead atoms. The van der Waals surface area contributed by atoms with Crippen LogP contribution in [0.3, 0.4) is 0 Å². The molecule has 0 radical (unpaired) electrons. The largest absolute Gasteiger partial charge is 0.416 e. The van der Waals surface area contributed by atoms with Crippen LogP contribution in [-0.2, 0) is 4.43 Å². The Morgan fingerprint density at radius 2 is 1.79 bits per heavy atom. The standard InChI is InChI=1S/C11H24OSSi/c1-10(2,3)14(4,5)12-8-11(9-13)6-7-11/h13H,6-9H2,1-5H3.